The summed E-state index contributed by atoms with van der Waals surface area (Å²) in [4.78, 5) is 9.53. The van der Waals surface area contributed by atoms with E-state index in [2.05, 4.69) is 22.8 Å². The van der Waals surface area contributed by atoms with E-state index in [9.17, 15) is 14.8 Å². The van der Waals surface area contributed by atoms with Crippen molar-refractivity contribution < 1.29 is 23.7 Å². The molecule has 4 unspecified atom stereocenters. The highest BCUT2D eigenvalue weighted by atomic mass is 19.1. The second-order valence-corrected chi connectivity index (χ2v) is 12.4. The molecule has 0 bridgehead atoms. The van der Waals surface area contributed by atoms with E-state index in [1.165, 1.54) is 0 Å². The zero-order valence-corrected chi connectivity index (χ0v) is 23.1. The van der Waals surface area contributed by atoms with Crippen molar-refractivity contribution in [2.24, 2.45) is 0 Å². The predicted octanol–water partition coefficient (Wildman–Crippen LogP) is 4.66. The number of nitrogens with zero attached hydrogens (tertiary/aromatic N) is 4. The Kier molecular flexibility index (Phi) is 6.41. The highest BCUT2D eigenvalue weighted by Gasteiger charge is 2.50. The average Bonchev–Trinajstić information content (AvgIpc) is 3.49. The summed E-state index contributed by atoms with van der Waals surface area (Å²) >= 11 is 0. The summed E-state index contributed by atoms with van der Waals surface area (Å²) < 4.78 is 33.4. The largest absolute Gasteiger partial charge is 0.507 e. The Morgan fingerprint density at radius 2 is 2.17 bits per heavy atom. The lowest BCUT2D eigenvalue weighted by Crippen LogP contribution is -2.44. The number of ether oxygens (including phenoxy) is 3. The zero-order valence-electron chi connectivity index (χ0n) is 23.1. The maximum Gasteiger partial charge on any atom is 0.215 e. The Balaban J connectivity index is 1.27. The van der Waals surface area contributed by atoms with E-state index in [1.807, 2.05) is 12.1 Å². The van der Waals surface area contributed by atoms with Gasteiger partial charge >= 0.3 is 0 Å². The van der Waals surface area contributed by atoms with Gasteiger partial charge in [-0.1, -0.05) is 13.0 Å². The first kappa shape index (κ1) is 26.0. The fourth-order valence-electron chi connectivity index (χ4n) is 7.89. The minimum atomic E-state index is -0.807. The number of pyridine rings is 1. The number of benzene rings is 1. The van der Waals surface area contributed by atoms with Crippen LogP contribution in [0.25, 0.3) is 0 Å². The third-order valence-corrected chi connectivity index (χ3v) is 9.96. The molecule has 40 heavy (non-hydrogen) atoms. The highest BCUT2D eigenvalue weighted by molar-refractivity contribution is 5.61. The van der Waals surface area contributed by atoms with Crippen molar-refractivity contribution in [1.82, 2.24) is 9.88 Å². The Hall–Kier alpha value is -2.93. The van der Waals surface area contributed by atoms with E-state index >= 15 is 0 Å². The quantitative estimate of drug-likeness (QED) is 0.590. The fraction of sp³-hybridized carbons (Fsp3) is 0.613. The lowest BCUT2D eigenvalue weighted by atomic mass is 9.69. The van der Waals surface area contributed by atoms with Crippen molar-refractivity contribution in [2.75, 3.05) is 44.5 Å². The van der Waals surface area contributed by atoms with Crippen molar-refractivity contribution in [3.05, 3.63) is 46.1 Å². The van der Waals surface area contributed by atoms with E-state index in [0.717, 1.165) is 79.9 Å². The third-order valence-electron chi connectivity index (χ3n) is 9.96. The summed E-state index contributed by atoms with van der Waals surface area (Å²) in [6.07, 6.45) is 4.79. The molecule has 4 aliphatic heterocycles. The molecular formula is C31H37FN4O4. The van der Waals surface area contributed by atoms with E-state index in [0.29, 0.717) is 50.8 Å². The number of nitriles is 1. The molecule has 1 N–H and O–H groups in total. The minimum Gasteiger partial charge on any atom is -0.507 e. The first-order chi connectivity index (χ1) is 19.4. The Morgan fingerprint density at radius 3 is 3.00 bits per heavy atom. The van der Waals surface area contributed by atoms with Gasteiger partial charge in [0.05, 0.1) is 30.1 Å². The van der Waals surface area contributed by atoms with E-state index in [4.69, 9.17) is 19.2 Å². The van der Waals surface area contributed by atoms with E-state index in [1.54, 1.807) is 6.07 Å². The minimum absolute atomic E-state index is 0.0107. The smallest absolute Gasteiger partial charge is 0.215 e. The summed E-state index contributed by atoms with van der Waals surface area (Å²) in [6.45, 7) is 6.45. The number of rotatable bonds is 4. The van der Waals surface area contributed by atoms with E-state index < -0.39 is 11.8 Å². The molecule has 9 heteroatoms. The van der Waals surface area contributed by atoms with Crippen LogP contribution >= 0.6 is 0 Å². The van der Waals surface area contributed by atoms with Crippen molar-refractivity contribution in [3.8, 4) is 17.7 Å². The van der Waals surface area contributed by atoms with Crippen LogP contribution in [0.5, 0.6) is 11.6 Å². The Bertz CT molecular complexity index is 1360. The van der Waals surface area contributed by atoms with Gasteiger partial charge in [-0.05, 0) is 56.2 Å². The summed E-state index contributed by atoms with van der Waals surface area (Å²) in [5.74, 6) is 0.797. The molecular weight excluding hydrogens is 511 g/mol. The topological polar surface area (TPSA) is 91.1 Å². The number of hydrogen-bond acceptors (Lipinski definition) is 8. The molecule has 1 aromatic carbocycles. The van der Waals surface area contributed by atoms with Crippen LogP contribution < -0.4 is 9.64 Å². The maximum absolute atomic E-state index is 14.4. The molecule has 0 saturated carbocycles. The number of anilines is 1. The van der Waals surface area contributed by atoms with Crippen molar-refractivity contribution in [2.45, 2.75) is 81.7 Å². The second kappa shape index (κ2) is 9.86. The monoisotopic (exact) mass is 548 g/mol. The van der Waals surface area contributed by atoms with E-state index in [-0.39, 0.29) is 17.2 Å². The number of fused-ring (bicyclic) bond motifs is 4. The van der Waals surface area contributed by atoms with Crippen LogP contribution in [0.3, 0.4) is 0 Å². The van der Waals surface area contributed by atoms with Gasteiger partial charge < -0.3 is 24.2 Å². The molecule has 5 aliphatic rings. The highest BCUT2D eigenvalue weighted by Crippen LogP contribution is 2.52. The molecule has 212 valence electrons. The summed E-state index contributed by atoms with van der Waals surface area (Å²) in [7, 11) is 0. The van der Waals surface area contributed by atoms with Crippen LogP contribution in [-0.4, -0.2) is 66.3 Å². The van der Waals surface area contributed by atoms with Gasteiger partial charge in [-0.25, -0.2) is 9.37 Å². The molecule has 0 amide bonds. The number of alkyl halides is 1. The Labute approximate surface area is 234 Å². The van der Waals surface area contributed by atoms with Crippen LogP contribution in [0.15, 0.2) is 18.2 Å². The normalized spacial score (nSPS) is 31.5. The fourth-order valence-corrected chi connectivity index (χ4v) is 7.89. The van der Waals surface area contributed by atoms with Gasteiger partial charge in [0.25, 0.3) is 0 Å². The van der Waals surface area contributed by atoms with Gasteiger partial charge in [0.2, 0.25) is 5.88 Å². The molecule has 0 radical (unpaired) electrons. The summed E-state index contributed by atoms with van der Waals surface area (Å²) in [5, 5.41) is 20.7. The predicted molar refractivity (Wildman–Crippen MR) is 146 cm³/mol. The maximum atomic E-state index is 14.4. The Morgan fingerprint density at radius 1 is 1.27 bits per heavy atom. The molecule has 1 aliphatic carbocycles. The molecule has 7 rings (SSSR count). The first-order valence-electron chi connectivity index (χ1n) is 14.7. The van der Waals surface area contributed by atoms with Crippen LogP contribution in [-0.2, 0) is 28.1 Å². The third kappa shape index (κ3) is 4.15. The average molecular weight is 549 g/mol. The van der Waals surface area contributed by atoms with Crippen molar-refractivity contribution in [3.63, 3.8) is 0 Å². The molecule has 2 aromatic rings. The van der Waals surface area contributed by atoms with Crippen LogP contribution in [0.2, 0.25) is 0 Å². The number of phenols is 1. The first-order valence-corrected chi connectivity index (χ1v) is 14.7. The van der Waals surface area contributed by atoms with Gasteiger partial charge in [0.1, 0.15) is 42.5 Å². The number of halogens is 1. The van der Waals surface area contributed by atoms with Crippen molar-refractivity contribution in [1.29, 1.82) is 5.26 Å². The van der Waals surface area contributed by atoms with Gasteiger partial charge in [-0.15, -0.1) is 0 Å². The van der Waals surface area contributed by atoms with Gasteiger partial charge in [0.15, 0.2) is 0 Å². The van der Waals surface area contributed by atoms with Crippen LogP contribution in [0.4, 0.5) is 10.1 Å². The molecule has 1 aromatic heterocycles. The lowest BCUT2D eigenvalue weighted by molar-refractivity contribution is -0.0873. The molecule has 5 heterocycles. The van der Waals surface area contributed by atoms with Gasteiger partial charge in [0, 0.05) is 43.1 Å². The molecule has 1 spiro atoms. The van der Waals surface area contributed by atoms with Gasteiger partial charge in [-0.3, -0.25) is 4.90 Å². The van der Waals surface area contributed by atoms with Gasteiger partial charge in [-0.2, -0.15) is 5.26 Å². The lowest BCUT2D eigenvalue weighted by Gasteiger charge is -2.45. The number of hydrogen-bond donors (Lipinski definition) is 1. The SMILES string of the molecule is CC1CCC2(Cc3nc(OCC45CCCN4CC(F)C5)cc(N4CCCOC4)c3CO2)c2c1ccc(O)c2C#N. The second-order valence-electron chi connectivity index (χ2n) is 12.4. The van der Waals surface area contributed by atoms with Crippen LogP contribution in [0.1, 0.15) is 79.3 Å². The number of aromatic nitrogens is 1. The van der Waals surface area contributed by atoms with Crippen molar-refractivity contribution >= 4 is 5.69 Å². The van der Waals surface area contributed by atoms with Crippen LogP contribution in [0, 0.1) is 11.3 Å². The molecule has 3 fully saturated rings. The zero-order chi connectivity index (χ0) is 27.5. The molecule has 8 nitrogen and oxygen atoms in total. The number of aromatic hydroxyl groups is 1. The number of phenolic OH excluding ortho intramolecular Hbond substituents is 1. The summed E-state index contributed by atoms with van der Waals surface area (Å²) in [6, 6.07) is 7.81. The molecule has 4 atom stereocenters. The summed E-state index contributed by atoms with van der Waals surface area (Å²) in [5.41, 5.74) is 4.08. The standard InChI is InChI=1S/C31H37FN4O4/c1-20-6-8-31(29-22(20)4-5-27(37)23(29)15-33)14-25-24(17-40-31)26(35-9-3-11-38-19-35)12-28(34-25)39-18-30-7-2-10-36(30)16-21(32)13-30/h4-5,12,20-21,37H,2-3,6-11,13-14,16-19H2,1H3. The molecule has 3 saturated heterocycles.